The molecular weight excluding hydrogens is 274 g/mol. The molecule has 0 aliphatic carbocycles. The molecule has 0 saturated heterocycles. The highest BCUT2D eigenvalue weighted by Crippen LogP contribution is 2.22. The summed E-state index contributed by atoms with van der Waals surface area (Å²) in [7, 11) is 1.75. The molecule has 1 aromatic rings. The van der Waals surface area contributed by atoms with Crippen molar-refractivity contribution in [1.82, 2.24) is 5.32 Å². The Bertz CT molecular complexity index is 288. The van der Waals surface area contributed by atoms with Crippen LogP contribution >= 0.6 is 27.3 Å². The number of thiophene rings is 1. The molecule has 2 nitrogen and oxygen atoms in total. The van der Waals surface area contributed by atoms with Gasteiger partial charge < -0.3 is 10.1 Å². The zero-order valence-corrected chi connectivity index (χ0v) is 11.8. The van der Waals surface area contributed by atoms with Crippen LogP contribution in [0.4, 0.5) is 0 Å². The summed E-state index contributed by atoms with van der Waals surface area (Å²) in [5, 5.41) is 3.51. The van der Waals surface area contributed by atoms with Crippen molar-refractivity contribution in [3.05, 3.63) is 20.8 Å². The van der Waals surface area contributed by atoms with E-state index in [0.29, 0.717) is 12.0 Å². The van der Waals surface area contributed by atoms with Gasteiger partial charge in [0.2, 0.25) is 0 Å². The van der Waals surface area contributed by atoms with Crippen LogP contribution < -0.4 is 5.32 Å². The molecule has 0 radical (unpaired) electrons. The molecule has 1 N–H and O–H groups in total. The second-order valence-electron chi connectivity index (χ2n) is 3.89. The lowest BCUT2D eigenvalue weighted by atomic mass is 10.1. The summed E-state index contributed by atoms with van der Waals surface area (Å²) >= 11 is 5.24. The first-order chi connectivity index (χ1) is 7.13. The Morgan fingerprint density at radius 1 is 1.47 bits per heavy atom. The van der Waals surface area contributed by atoms with Crippen LogP contribution in [-0.4, -0.2) is 19.8 Å². The molecule has 4 heteroatoms. The molecular formula is C11H18BrNOS. The predicted octanol–water partition coefficient (Wildman–Crippen LogP) is 3.27. The van der Waals surface area contributed by atoms with Crippen LogP contribution in [0, 0.1) is 5.92 Å². The maximum absolute atomic E-state index is 5.19. The van der Waals surface area contributed by atoms with E-state index in [-0.39, 0.29) is 0 Å². The third-order valence-corrected chi connectivity index (χ3v) is 3.94. The Balaban J connectivity index is 2.39. The number of methoxy groups -OCH3 is 1. The Morgan fingerprint density at radius 3 is 2.67 bits per heavy atom. The molecule has 1 aromatic heterocycles. The molecule has 1 heterocycles. The van der Waals surface area contributed by atoms with Crippen LogP contribution in [0.1, 0.15) is 18.7 Å². The van der Waals surface area contributed by atoms with Gasteiger partial charge in [-0.3, -0.25) is 0 Å². The number of ether oxygens (including phenoxy) is 1. The first-order valence-corrected chi connectivity index (χ1v) is 6.71. The standard InChI is InChI=1S/C11H18BrNOS/c1-8(2)10(7-14-3)13-6-9-4-5-11(12)15-9/h4-5,8,10,13H,6-7H2,1-3H3. The van der Waals surface area contributed by atoms with Gasteiger partial charge in [0.15, 0.2) is 0 Å². The van der Waals surface area contributed by atoms with Crippen molar-refractivity contribution in [2.24, 2.45) is 5.92 Å². The molecule has 15 heavy (non-hydrogen) atoms. The van der Waals surface area contributed by atoms with E-state index in [4.69, 9.17) is 4.74 Å². The highest BCUT2D eigenvalue weighted by molar-refractivity contribution is 9.11. The third kappa shape index (κ3) is 4.64. The highest BCUT2D eigenvalue weighted by Gasteiger charge is 2.12. The van der Waals surface area contributed by atoms with Crippen molar-refractivity contribution in [2.75, 3.05) is 13.7 Å². The maximum atomic E-state index is 5.19. The first kappa shape index (κ1) is 13.2. The normalized spacial score (nSPS) is 13.4. The van der Waals surface area contributed by atoms with Gasteiger partial charge in [-0.05, 0) is 34.0 Å². The lowest BCUT2D eigenvalue weighted by Crippen LogP contribution is -2.37. The summed E-state index contributed by atoms with van der Waals surface area (Å²) in [5.41, 5.74) is 0. The molecule has 1 atom stereocenters. The Labute approximate surface area is 104 Å². The molecule has 86 valence electrons. The van der Waals surface area contributed by atoms with Crippen molar-refractivity contribution >= 4 is 27.3 Å². The summed E-state index contributed by atoms with van der Waals surface area (Å²) in [5.74, 6) is 0.591. The first-order valence-electron chi connectivity index (χ1n) is 5.10. The minimum atomic E-state index is 0.427. The Kier molecular flexibility index (Phi) is 5.82. The summed E-state index contributed by atoms with van der Waals surface area (Å²) < 4.78 is 6.38. The van der Waals surface area contributed by atoms with Crippen LogP contribution in [0.2, 0.25) is 0 Å². The van der Waals surface area contributed by atoms with E-state index in [2.05, 4.69) is 47.2 Å². The maximum Gasteiger partial charge on any atom is 0.0701 e. The zero-order valence-electron chi connectivity index (χ0n) is 9.42. The molecule has 0 aromatic carbocycles. The number of rotatable bonds is 6. The fraction of sp³-hybridized carbons (Fsp3) is 0.636. The van der Waals surface area contributed by atoms with E-state index in [0.717, 1.165) is 13.2 Å². The van der Waals surface area contributed by atoms with Crippen molar-refractivity contribution in [3.63, 3.8) is 0 Å². The lowest BCUT2D eigenvalue weighted by Gasteiger charge is -2.21. The van der Waals surface area contributed by atoms with Crippen LogP contribution in [0.25, 0.3) is 0 Å². The minimum absolute atomic E-state index is 0.427. The average Bonchev–Trinajstić information content (AvgIpc) is 2.58. The van der Waals surface area contributed by atoms with Gasteiger partial charge in [-0.1, -0.05) is 13.8 Å². The summed E-state index contributed by atoms with van der Waals surface area (Å²) in [6.45, 7) is 6.11. The topological polar surface area (TPSA) is 21.3 Å². The van der Waals surface area contributed by atoms with Gasteiger partial charge in [-0.15, -0.1) is 11.3 Å². The van der Waals surface area contributed by atoms with Crippen LogP contribution in [-0.2, 0) is 11.3 Å². The number of halogens is 1. The van der Waals surface area contributed by atoms with Crippen molar-refractivity contribution < 1.29 is 4.74 Å². The van der Waals surface area contributed by atoms with E-state index in [1.54, 1.807) is 18.4 Å². The summed E-state index contributed by atoms with van der Waals surface area (Å²) in [6.07, 6.45) is 0. The van der Waals surface area contributed by atoms with Crippen LogP contribution in [0.5, 0.6) is 0 Å². The molecule has 0 aliphatic heterocycles. The monoisotopic (exact) mass is 291 g/mol. The Morgan fingerprint density at radius 2 is 2.20 bits per heavy atom. The van der Waals surface area contributed by atoms with Crippen molar-refractivity contribution in [3.8, 4) is 0 Å². The fourth-order valence-electron chi connectivity index (χ4n) is 1.35. The second kappa shape index (κ2) is 6.63. The van der Waals surface area contributed by atoms with Crippen molar-refractivity contribution in [2.45, 2.75) is 26.4 Å². The highest BCUT2D eigenvalue weighted by atomic mass is 79.9. The molecule has 0 amide bonds. The van der Waals surface area contributed by atoms with Crippen molar-refractivity contribution in [1.29, 1.82) is 0 Å². The smallest absolute Gasteiger partial charge is 0.0701 e. The van der Waals surface area contributed by atoms with Gasteiger partial charge in [0.25, 0.3) is 0 Å². The van der Waals surface area contributed by atoms with E-state index >= 15 is 0 Å². The van der Waals surface area contributed by atoms with E-state index < -0.39 is 0 Å². The molecule has 0 saturated carbocycles. The average molecular weight is 292 g/mol. The molecule has 1 unspecified atom stereocenters. The number of hydrogen-bond donors (Lipinski definition) is 1. The van der Waals surface area contributed by atoms with E-state index in [9.17, 15) is 0 Å². The molecule has 1 rings (SSSR count). The SMILES string of the molecule is COCC(NCc1ccc(Br)s1)C(C)C. The van der Waals surface area contributed by atoms with Gasteiger partial charge >= 0.3 is 0 Å². The third-order valence-electron chi connectivity index (χ3n) is 2.32. The molecule has 0 fully saturated rings. The van der Waals surface area contributed by atoms with E-state index in [1.807, 2.05) is 0 Å². The quantitative estimate of drug-likeness (QED) is 0.869. The van der Waals surface area contributed by atoms with Gasteiger partial charge in [0.1, 0.15) is 0 Å². The number of hydrogen-bond acceptors (Lipinski definition) is 3. The second-order valence-corrected chi connectivity index (χ2v) is 6.44. The van der Waals surface area contributed by atoms with Gasteiger partial charge in [0.05, 0.1) is 10.4 Å². The zero-order chi connectivity index (χ0) is 11.3. The predicted molar refractivity (Wildman–Crippen MR) is 69.4 cm³/mol. The lowest BCUT2D eigenvalue weighted by molar-refractivity contribution is 0.146. The molecule has 0 bridgehead atoms. The summed E-state index contributed by atoms with van der Waals surface area (Å²) in [6, 6.07) is 4.66. The summed E-state index contributed by atoms with van der Waals surface area (Å²) in [4.78, 5) is 1.35. The van der Waals surface area contributed by atoms with Gasteiger partial charge in [0, 0.05) is 24.6 Å². The minimum Gasteiger partial charge on any atom is -0.383 e. The fourth-order valence-corrected chi connectivity index (χ4v) is 2.78. The number of nitrogens with one attached hydrogen (secondary N) is 1. The molecule has 0 spiro atoms. The van der Waals surface area contributed by atoms with Gasteiger partial charge in [-0.25, -0.2) is 0 Å². The van der Waals surface area contributed by atoms with Crippen LogP contribution in [0.3, 0.4) is 0 Å². The Hall–Kier alpha value is 0.1000. The van der Waals surface area contributed by atoms with E-state index in [1.165, 1.54) is 8.66 Å². The molecule has 0 aliphatic rings. The van der Waals surface area contributed by atoms with Gasteiger partial charge in [-0.2, -0.15) is 0 Å². The largest absolute Gasteiger partial charge is 0.383 e. The van der Waals surface area contributed by atoms with Crippen LogP contribution in [0.15, 0.2) is 15.9 Å².